The number of benzene rings is 2. The third kappa shape index (κ3) is 2.20. The van der Waals surface area contributed by atoms with Crippen molar-refractivity contribution in [2.75, 3.05) is 20.5 Å². The molecule has 0 aliphatic carbocycles. The highest BCUT2D eigenvalue weighted by Crippen LogP contribution is 2.45. The minimum Gasteiger partial charge on any atom is -0.250 e. The highest BCUT2D eigenvalue weighted by Gasteiger charge is 2.41. The molecule has 0 amide bonds. The summed E-state index contributed by atoms with van der Waals surface area (Å²) in [6.45, 7) is 0.282. The molecule has 110 valence electrons. The zero-order chi connectivity index (χ0) is 15.0. The zero-order valence-electron chi connectivity index (χ0n) is 10.9. The molecule has 0 bridgehead atoms. The van der Waals surface area contributed by atoms with Gasteiger partial charge in [0.25, 0.3) is 0 Å². The number of fused-ring (bicyclic) bond motifs is 1. The molecule has 0 atom stereocenters. The molecule has 2 aromatic rings. The smallest absolute Gasteiger partial charge is 0.250 e. The van der Waals surface area contributed by atoms with Crippen molar-refractivity contribution < 1.29 is 12.8 Å². The minimum absolute atomic E-state index is 0.0297. The fraction of sp³-hybridized carbons (Fsp3) is 0.143. The molecule has 3 rings (SSSR count). The van der Waals surface area contributed by atoms with E-state index in [2.05, 4.69) is 15.9 Å². The standard InChI is InChI=1S/C14H12BrFN2O2S/c15-9-10-17-13-7-3-4-8-14(13)18(21(17,19)20)12-6-2-1-5-11(12)16/h1-8H,9-10H2. The molecule has 1 aliphatic heterocycles. The Morgan fingerprint density at radius 2 is 1.52 bits per heavy atom. The Morgan fingerprint density at radius 3 is 2.14 bits per heavy atom. The van der Waals surface area contributed by atoms with Crippen LogP contribution in [-0.4, -0.2) is 20.3 Å². The summed E-state index contributed by atoms with van der Waals surface area (Å²) < 4.78 is 41.9. The molecular weight excluding hydrogens is 359 g/mol. The van der Waals surface area contributed by atoms with Crippen molar-refractivity contribution in [1.29, 1.82) is 0 Å². The Kier molecular flexibility index (Phi) is 3.62. The van der Waals surface area contributed by atoms with E-state index in [0.29, 0.717) is 16.7 Å². The molecule has 0 spiro atoms. The van der Waals surface area contributed by atoms with Crippen molar-refractivity contribution in [3.63, 3.8) is 0 Å². The molecule has 0 saturated carbocycles. The van der Waals surface area contributed by atoms with E-state index < -0.39 is 16.0 Å². The van der Waals surface area contributed by atoms with Crippen LogP contribution in [-0.2, 0) is 10.2 Å². The Balaban J connectivity index is 2.24. The van der Waals surface area contributed by atoms with Crippen LogP contribution in [0.3, 0.4) is 0 Å². The first-order valence-electron chi connectivity index (χ1n) is 6.30. The number of anilines is 3. The summed E-state index contributed by atoms with van der Waals surface area (Å²) in [5, 5.41) is 0.492. The molecule has 4 nitrogen and oxygen atoms in total. The fourth-order valence-electron chi connectivity index (χ4n) is 2.38. The van der Waals surface area contributed by atoms with Crippen LogP contribution in [0, 0.1) is 5.82 Å². The van der Waals surface area contributed by atoms with Gasteiger partial charge >= 0.3 is 10.2 Å². The first-order chi connectivity index (χ1) is 10.1. The first-order valence-corrected chi connectivity index (χ1v) is 8.81. The van der Waals surface area contributed by atoms with E-state index in [1.807, 2.05) is 0 Å². The summed E-state index contributed by atoms with van der Waals surface area (Å²) >= 11 is 3.25. The van der Waals surface area contributed by atoms with Crippen LogP contribution in [0.2, 0.25) is 0 Å². The van der Waals surface area contributed by atoms with Gasteiger partial charge in [0.05, 0.1) is 17.1 Å². The quantitative estimate of drug-likeness (QED) is 0.776. The zero-order valence-corrected chi connectivity index (χ0v) is 13.3. The lowest BCUT2D eigenvalue weighted by atomic mass is 10.2. The summed E-state index contributed by atoms with van der Waals surface area (Å²) in [6.07, 6.45) is 0. The van der Waals surface area contributed by atoms with Crippen LogP contribution in [0.25, 0.3) is 0 Å². The molecule has 2 aromatic carbocycles. The average Bonchev–Trinajstić information content (AvgIpc) is 2.68. The molecule has 0 saturated heterocycles. The lowest BCUT2D eigenvalue weighted by Crippen LogP contribution is -2.36. The van der Waals surface area contributed by atoms with Crippen LogP contribution < -0.4 is 8.61 Å². The summed E-state index contributed by atoms with van der Waals surface area (Å²) in [7, 11) is -3.83. The SMILES string of the molecule is O=S1(=O)N(CCBr)c2ccccc2N1c1ccccc1F. The van der Waals surface area contributed by atoms with Crippen molar-refractivity contribution in [2.45, 2.75) is 0 Å². The van der Waals surface area contributed by atoms with Gasteiger partial charge in [-0.1, -0.05) is 40.2 Å². The van der Waals surface area contributed by atoms with Crippen molar-refractivity contribution in [3.05, 3.63) is 54.3 Å². The number of nitrogens with zero attached hydrogens (tertiary/aromatic N) is 2. The summed E-state index contributed by atoms with van der Waals surface area (Å²) in [5.41, 5.74) is 1.05. The van der Waals surface area contributed by atoms with Gasteiger partial charge in [0.2, 0.25) is 0 Å². The Morgan fingerprint density at radius 1 is 0.952 bits per heavy atom. The van der Waals surface area contributed by atoms with Crippen LogP contribution in [0.1, 0.15) is 0 Å². The maximum atomic E-state index is 14.1. The molecule has 1 aliphatic rings. The minimum atomic E-state index is -3.83. The number of alkyl halides is 1. The molecule has 0 unspecified atom stereocenters. The van der Waals surface area contributed by atoms with Crippen LogP contribution >= 0.6 is 15.9 Å². The van der Waals surface area contributed by atoms with E-state index in [-0.39, 0.29) is 12.2 Å². The third-order valence-electron chi connectivity index (χ3n) is 3.24. The van der Waals surface area contributed by atoms with Gasteiger partial charge in [0.1, 0.15) is 5.82 Å². The van der Waals surface area contributed by atoms with Crippen molar-refractivity contribution in [1.82, 2.24) is 0 Å². The maximum absolute atomic E-state index is 14.1. The second kappa shape index (κ2) is 5.31. The summed E-state index contributed by atoms with van der Waals surface area (Å²) in [5.74, 6) is -0.573. The van der Waals surface area contributed by atoms with Crippen molar-refractivity contribution in [2.24, 2.45) is 0 Å². The number of para-hydroxylation sites is 3. The fourth-order valence-corrected chi connectivity index (χ4v) is 4.69. The topological polar surface area (TPSA) is 40.6 Å². The number of rotatable bonds is 3. The van der Waals surface area contributed by atoms with Gasteiger partial charge in [-0.15, -0.1) is 0 Å². The van der Waals surface area contributed by atoms with Crippen LogP contribution in [0.15, 0.2) is 48.5 Å². The average molecular weight is 371 g/mol. The molecule has 0 N–H and O–H groups in total. The first kappa shape index (κ1) is 14.3. The lowest BCUT2D eigenvalue weighted by molar-refractivity contribution is 0.591. The number of hydrogen-bond donors (Lipinski definition) is 0. The van der Waals surface area contributed by atoms with Gasteiger partial charge in [0.15, 0.2) is 0 Å². The van der Waals surface area contributed by atoms with Crippen molar-refractivity contribution in [3.8, 4) is 0 Å². The van der Waals surface area contributed by atoms with E-state index in [4.69, 9.17) is 0 Å². The summed E-state index contributed by atoms with van der Waals surface area (Å²) in [4.78, 5) is 0. The van der Waals surface area contributed by atoms with Crippen LogP contribution in [0.5, 0.6) is 0 Å². The van der Waals surface area contributed by atoms with Gasteiger partial charge < -0.3 is 0 Å². The van der Waals surface area contributed by atoms with Gasteiger partial charge in [-0.2, -0.15) is 8.42 Å². The molecule has 0 radical (unpaired) electrons. The monoisotopic (exact) mass is 370 g/mol. The van der Waals surface area contributed by atoms with Gasteiger partial charge in [-0.05, 0) is 24.3 Å². The molecule has 21 heavy (non-hydrogen) atoms. The third-order valence-corrected chi connectivity index (χ3v) is 5.38. The van der Waals surface area contributed by atoms with E-state index in [0.717, 1.165) is 4.31 Å². The Hall–Kier alpha value is -1.60. The van der Waals surface area contributed by atoms with Gasteiger partial charge in [0, 0.05) is 11.9 Å². The lowest BCUT2D eigenvalue weighted by Gasteiger charge is -2.21. The Labute approximate surface area is 131 Å². The molecule has 0 aromatic heterocycles. The van der Waals surface area contributed by atoms with Crippen LogP contribution in [0.4, 0.5) is 21.5 Å². The number of hydrogen-bond acceptors (Lipinski definition) is 2. The van der Waals surface area contributed by atoms with Gasteiger partial charge in [-0.25, -0.2) is 8.70 Å². The number of halogens is 2. The second-order valence-electron chi connectivity index (χ2n) is 4.47. The second-order valence-corrected chi connectivity index (χ2v) is 6.97. The Bertz CT molecular complexity index is 782. The van der Waals surface area contributed by atoms with E-state index in [9.17, 15) is 12.8 Å². The normalized spacial score (nSPS) is 16.1. The van der Waals surface area contributed by atoms with Crippen molar-refractivity contribution >= 4 is 43.2 Å². The van der Waals surface area contributed by atoms with E-state index in [1.165, 1.54) is 22.5 Å². The molecule has 1 heterocycles. The highest BCUT2D eigenvalue weighted by molar-refractivity contribution is 9.09. The van der Waals surface area contributed by atoms with E-state index in [1.54, 1.807) is 30.3 Å². The van der Waals surface area contributed by atoms with E-state index >= 15 is 0 Å². The van der Waals surface area contributed by atoms with Gasteiger partial charge in [-0.3, -0.25) is 4.31 Å². The highest BCUT2D eigenvalue weighted by atomic mass is 79.9. The molecule has 0 fully saturated rings. The molecule has 7 heteroatoms. The largest absolute Gasteiger partial charge is 0.331 e. The molecular formula is C14H12BrFN2O2S. The maximum Gasteiger partial charge on any atom is 0.331 e. The summed E-state index contributed by atoms with van der Waals surface area (Å²) in [6, 6.07) is 12.7. The predicted octanol–water partition coefficient (Wildman–Crippen LogP) is 3.42. The predicted molar refractivity (Wildman–Crippen MR) is 85.0 cm³/mol.